The Morgan fingerprint density at radius 1 is 1.57 bits per heavy atom. The fraction of sp³-hybridized carbons (Fsp3) is 0.571. The van der Waals surface area contributed by atoms with Crippen LogP contribution in [0.25, 0.3) is 0 Å². The van der Waals surface area contributed by atoms with Gasteiger partial charge < -0.3 is 0 Å². The van der Waals surface area contributed by atoms with E-state index in [1.807, 2.05) is 0 Å². The lowest BCUT2D eigenvalue weighted by Gasteiger charge is -1.90. The van der Waals surface area contributed by atoms with E-state index in [1.54, 1.807) is 0 Å². The fourth-order valence-electron chi connectivity index (χ4n) is 0.440. The lowest BCUT2D eigenvalue weighted by Crippen LogP contribution is -1.72. The predicted molar refractivity (Wildman–Crippen MR) is 34.0 cm³/mol. The molecule has 0 aromatic rings. The van der Waals surface area contributed by atoms with Gasteiger partial charge >= 0.3 is 0 Å². The molecule has 0 heterocycles. The molecule has 0 aliphatic carbocycles. The summed E-state index contributed by atoms with van der Waals surface area (Å²) in [5.41, 5.74) is 1.38. The van der Waals surface area contributed by atoms with Crippen LogP contribution in [-0.4, -0.2) is 0 Å². The van der Waals surface area contributed by atoms with Crippen LogP contribution in [0.2, 0.25) is 0 Å². The Hall–Kier alpha value is -0.260. The molecule has 0 aliphatic heterocycles. The van der Waals surface area contributed by atoms with Gasteiger partial charge in [0.2, 0.25) is 0 Å². The Morgan fingerprint density at radius 2 is 2.14 bits per heavy atom. The van der Waals surface area contributed by atoms with Crippen LogP contribution in [-0.2, 0) is 0 Å². The SMILES string of the molecule is C/C=C(\C)[CH]CC. The predicted octanol–water partition coefficient (Wildman–Crippen LogP) is 2.57. The quantitative estimate of drug-likeness (QED) is 0.496. The molecule has 0 bridgehead atoms. The fourth-order valence-corrected chi connectivity index (χ4v) is 0.440. The van der Waals surface area contributed by atoms with Crippen molar-refractivity contribution in [1.82, 2.24) is 0 Å². The van der Waals surface area contributed by atoms with Crippen LogP contribution in [0.1, 0.15) is 27.2 Å². The first-order chi connectivity index (χ1) is 3.31. The van der Waals surface area contributed by atoms with E-state index in [9.17, 15) is 0 Å². The second-order valence-electron chi connectivity index (χ2n) is 1.65. The monoisotopic (exact) mass is 97.1 g/mol. The van der Waals surface area contributed by atoms with E-state index >= 15 is 0 Å². The molecule has 0 spiro atoms. The van der Waals surface area contributed by atoms with E-state index in [-0.39, 0.29) is 0 Å². The summed E-state index contributed by atoms with van der Waals surface area (Å²) < 4.78 is 0. The molecular weight excluding hydrogens is 84.1 g/mol. The van der Waals surface area contributed by atoms with Crippen LogP contribution >= 0.6 is 0 Å². The van der Waals surface area contributed by atoms with Gasteiger partial charge in [0.1, 0.15) is 0 Å². The maximum atomic E-state index is 2.21. The van der Waals surface area contributed by atoms with Crippen molar-refractivity contribution in [3.05, 3.63) is 18.1 Å². The molecule has 0 saturated heterocycles. The Balaban J connectivity index is 3.17. The molecule has 7 heavy (non-hydrogen) atoms. The van der Waals surface area contributed by atoms with Crippen molar-refractivity contribution in [2.75, 3.05) is 0 Å². The minimum atomic E-state index is 1.15. The number of hydrogen-bond donors (Lipinski definition) is 0. The first-order valence-corrected chi connectivity index (χ1v) is 2.77. The summed E-state index contributed by atoms with van der Waals surface area (Å²) in [5, 5.41) is 0. The summed E-state index contributed by atoms with van der Waals surface area (Å²) in [7, 11) is 0. The van der Waals surface area contributed by atoms with Crippen molar-refractivity contribution in [3.63, 3.8) is 0 Å². The summed E-state index contributed by atoms with van der Waals surface area (Å²) in [6, 6.07) is 0. The molecule has 0 unspecified atom stereocenters. The number of allylic oxidation sites excluding steroid dienone is 2. The molecule has 0 N–H and O–H groups in total. The molecule has 0 amide bonds. The van der Waals surface area contributed by atoms with E-state index in [2.05, 4.69) is 33.3 Å². The van der Waals surface area contributed by atoms with Gasteiger partial charge in [-0.05, 0) is 26.7 Å². The highest BCUT2D eigenvalue weighted by molar-refractivity contribution is 5.07. The Kier molecular flexibility index (Phi) is 3.77. The highest BCUT2D eigenvalue weighted by Crippen LogP contribution is 1.98. The van der Waals surface area contributed by atoms with E-state index in [0.717, 1.165) is 6.42 Å². The van der Waals surface area contributed by atoms with Gasteiger partial charge in [0.05, 0.1) is 0 Å². The second-order valence-corrected chi connectivity index (χ2v) is 1.65. The summed E-state index contributed by atoms with van der Waals surface area (Å²) >= 11 is 0. The van der Waals surface area contributed by atoms with Gasteiger partial charge in [-0.3, -0.25) is 0 Å². The van der Waals surface area contributed by atoms with Gasteiger partial charge in [-0.15, -0.1) is 0 Å². The van der Waals surface area contributed by atoms with Gasteiger partial charge in [-0.2, -0.15) is 0 Å². The van der Waals surface area contributed by atoms with E-state index < -0.39 is 0 Å². The van der Waals surface area contributed by atoms with Crippen molar-refractivity contribution in [2.45, 2.75) is 27.2 Å². The summed E-state index contributed by atoms with van der Waals surface area (Å²) in [5.74, 6) is 0. The molecule has 0 saturated carbocycles. The maximum Gasteiger partial charge on any atom is -0.0143 e. The molecule has 41 valence electrons. The number of hydrogen-bond acceptors (Lipinski definition) is 0. The third-order valence-electron chi connectivity index (χ3n) is 0.981. The molecule has 0 heteroatoms. The Morgan fingerprint density at radius 3 is 2.29 bits per heavy atom. The lowest BCUT2D eigenvalue weighted by molar-refractivity contribution is 1.10. The second kappa shape index (κ2) is 3.91. The maximum absolute atomic E-state index is 2.21. The van der Waals surface area contributed by atoms with Crippen molar-refractivity contribution in [2.24, 2.45) is 0 Å². The van der Waals surface area contributed by atoms with Gasteiger partial charge in [-0.1, -0.05) is 18.6 Å². The van der Waals surface area contributed by atoms with Crippen LogP contribution in [0.4, 0.5) is 0 Å². The first kappa shape index (κ1) is 6.74. The molecule has 0 atom stereocenters. The molecule has 0 rings (SSSR count). The van der Waals surface area contributed by atoms with Crippen LogP contribution in [0, 0.1) is 6.42 Å². The largest absolute Gasteiger partial charge is 0.0884 e. The zero-order chi connectivity index (χ0) is 5.70. The van der Waals surface area contributed by atoms with Crippen LogP contribution in [0.5, 0.6) is 0 Å². The Labute approximate surface area is 46.2 Å². The summed E-state index contributed by atoms with van der Waals surface area (Å²) in [6.07, 6.45) is 5.47. The van der Waals surface area contributed by atoms with Crippen LogP contribution < -0.4 is 0 Å². The molecule has 0 aromatic heterocycles. The minimum Gasteiger partial charge on any atom is -0.0884 e. The van der Waals surface area contributed by atoms with Gasteiger partial charge in [0, 0.05) is 0 Å². The van der Waals surface area contributed by atoms with Crippen molar-refractivity contribution in [1.29, 1.82) is 0 Å². The topological polar surface area (TPSA) is 0 Å². The average Bonchev–Trinajstić information content (AvgIpc) is 1.68. The van der Waals surface area contributed by atoms with Gasteiger partial charge in [0.15, 0.2) is 0 Å². The van der Waals surface area contributed by atoms with Crippen molar-refractivity contribution in [3.8, 4) is 0 Å². The standard InChI is InChI=1S/C7H13/c1-4-6-7(3)5-2/h5-6H,4H2,1-3H3/b7-5+. The zero-order valence-corrected chi connectivity index (χ0v) is 5.36. The highest BCUT2D eigenvalue weighted by Gasteiger charge is 1.80. The molecule has 1 radical (unpaired) electrons. The van der Waals surface area contributed by atoms with E-state index in [0.29, 0.717) is 0 Å². The van der Waals surface area contributed by atoms with Gasteiger partial charge in [0.25, 0.3) is 0 Å². The van der Waals surface area contributed by atoms with Crippen molar-refractivity contribution >= 4 is 0 Å². The summed E-state index contributed by atoms with van der Waals surface area (Å²) in [6.45, 7) is 6.32. The van der Waals surface area contributed by atoms with Gasteiger partial charge in [-0.25, -0.2) is 0 Å². The van der Waals surface area contributed by atoms with Crippen LogP contribution in [0.15, 0.2) is 11.6 Å². The number of rotatable bonds is 2. The van der Waals surface area contributed by atoms with E-state index in [1.165, 1.54) is 5.57 Å². The van der Waals surface area contributed by atoms with Crippen LogP contribution in [0.3, 0.4) is 0 Å². The molecule has 0 nitrogen and oxygen atoms in total. The zero-order valence-electron chi connectivity index (χ0n) is 5.36. The molecule has 0 fully saturated rings. The lowest BCUT2D eigenvalue weighted by atomic mass is 10.2. The molecule has 0 aliphatic rings. The molecule has 0 aromatic carbocycles. The third-order valence-corrected chi connectivity index (χ3v) is 0.981. The van der Waals surface area contributed by atoms with E-state index in [4.69, 9.17) is 0 Å². The average molecular weight is 97.2 g/mol. The summed E-state index contributed by atoms with van der Waals surface area (Å²) in [4.78, 5) is 0. The molecular formula is C7H13. The normalized spacial score (nSPS) is 12.1. The third kappa shape index (κ3) is 3.57. The minimum absolute atomic E-state index is 1.15. The smallest absolute Gasteiger partial charge is 0.0143 e. The Bertz CT molecular complexity index is 60.4. The first-order valence-electron chi connectivity index (χ1n) is 2.77. The highest BCUT2D eigenvalue weighted by atomic mass is 13.9. The van der Waals surface area contributed by atoms with Crippen molar-refractivity contribution < 1.29 is 0 Å².